The monoisotopic (exact) mass is 370 g/mol. The molecule has 0 heterocycles. The van der Waals surface area contributed by atoms with Gasteiger partial charge in [-0.1, -0.05) is 37.5 Å². The Kier molecular flexibility index (Phi) is 6.83. The van der Waals surface area contributed by atoms with Gasteiger partial charge in [0.15, 0.2) is 0 Å². The molecule has 1 fully saturated rings. The molecule has 1 saturated carbocycles. The van der Waals surface area contributed by atoms with Crippen molar-refractivity contribution in [3.63, 3.8) is 0 Å². The van der Waals surface area contributed by atoms with Crippen LogP contribution in [0, 0.1) is 0 Å². The van der Waals surface area contributed by atoms with Gasteiger partial charge in [0.2, 0.25) is 0 Å². The first-order chi connectivity index (χ1) is 12.7. The van der Waals surface area contributed by atoms with Gasteiger partial charge in [0.25, 0.3) is 0 Å². The molecule has 0 radical (unpaired) electrons. The Bertz CT molecular complexity index is 715. The zero-order valence-electron chi connectivity index (χ0n) is 14.9. The molecule has 4 nitrogen and oxygen atoms in total. The zero-order valence-corrected chi connectivity index (χ0v) is 15.7. The molecule has 0 aliphatic heterocycles. The average molecular weight is 371 g/mol. The van der Waals surface area contributed by atoms with Gasteiger partial charge in [0, 0.05) is 33.8 Å². The minimum Gasteiger partial charge on any atom is -0.481 e. The number of hydrogen-bond acceptors (Lipinski definition) is 4. The number of thioether (sulfide) groups is 1. The largest absolute Gasteiger partial charge is 0.481 e. The summed E-state index contributed by atoms with van der Waals surface area (Å²) >= 11 is 1.61. The number of carbonyl (C=O) groups is 1. The molecule has 0 amide bonds. The van der Waals surface area contributed by atoms with Gasteiger partial charge >= 0.3 is 5.97 Å². The third kappa shape index (κ3) is 5.70. The number of para-hydroxylation sites is 1. The average Bonchev–Trinajstić information content (AvgIpc) is 2.65. The Hall–Kier alpha value is -2.14. The number of anilines is 3. The summed E-state index contributed by atoms with van der Waals surface area (Å²) in [5.74, 6) is -0.179. The molecule has 0 unspecified atom stereocenters. The van der Waals surface area contributed by atoms with Crippen LogP contribution in [-0.4, -0.2) is 22.9 Å². The van der Waals surface area contributed by atoms with Gasteiger partial charge in [0.05, 0.1) is 6.42 Å². The molecule has 26 heavy (non-hydrogen) atoms. The smallest absolute Gasteiger partial charge is 0.304 e. The van der Waals surface area contributed by atoms with E-state index in [1.807, 2.05) is 30.3 Å². The van der Waals surface area contributed by atoms with Crippen LogP contribution < -0.4 is 10.6 Å². The lowest BCUT2D eigenvalue weighted by Crippen LogP contribution is -2.22. The molecular weight excluding hydrogens is 344 g/mol. The van der Waals surface area contributed by atoms with Crippen molar-refractivity contribution in [3.8, 4) is 0 Å². The van der Waals surface area contributed by atoms with Crippen molar-refractivity contribution in [1.82, 2.24) is 0 Å². The number of nitrogens with one attached hydrogen (secondary N) is 2. The Morgan fingerprint density at radius 3 is 2.54 bits per heavy atom. The topological polar surface area (TPSA) is 61.4 Å². The highest BCUT2D eigenvalue weighted by molar-refractivity contribution is 7.99. The second-order valence-electron chi connectivity index (χ2n) is 6.67. The van der Waals surface area contributed by atoms with Crippen molar-refractivity contribution in [3.05, 3.63) is 48.5 Å². The normalized spacial score (nSPS) is 14.8. The van der Waals surface area contributed by atoms with Crippen LogP contribution in [0.25, 0.3) is 0 Å². The van der Waals surface area contributed by atoms with E-state index in [9.17, 15) is 4.79 Å². The molecule has 138 valence electrons. The molecule has 1 aliphatic rings. The molecule has 0 bridgehead atoms. The van der Waals surface area contributed by atoms with Crippen LogP contribution in [0.2, 0.25) is 0 Å². The quantitative estimate of drug-likeness (QED) is 0.517. The lowest BCUT2D eigenvalue weighted by molar-refractivity contribution is -0.136. The standard InChI is InChI=1S/C21H26N2O2S/c24-21(25)13-14-26-20-15-18(22-16-7-3-1-4-8-16)11-12-19(20)23-17-9-5-2-6-10-17/h1,3-4,7-8,11-12,15,17,22-23H,2,5-6,9-10,13-14H2,(H,24,25). The summed E-state index contributed by atoms with van der Waals surface area (Å²) in [5, 5.41) is 16.0. The van der Waals surface area contributed by atoms with Crippen LogP contribution in [0.5, 0.6) is 0 Å². The van der Waals surface area contributed by atoms with E-state index in [-0.39, 0.29) is 6.42 Å². The van der Waals surface area contributed by atoms with E-state index in [2.05, 4.69) is 28.8 Å². The van der Waals surface area contributed by atoms with Gasteiger partial charge in [-0.2, -0.15) is 0 Å². The predicted octanol–water partition coefficient (Wildman–Crippen LogP) is 5.74. The minimum absolute atomic E-state index is 0.171. The molecule has 0 atom stereocenters. The Labute approximate surface area is 159 Å². The van der Waals surface area contributed by atoms with E-state index >= 15 is 0 Å². The lowest BCUT2D eigenvalue weighted by Gasteiger charge is -2.25. The summed E-state index contributed by atoms with van der Waals surface area (Å²) in [6, 6.07) is 16.9. The molecule has 1 aliphatic carbocycles. The maximum Gasteiger partial charge on any atom is 0.304 e. The van der Waals surface area contributed by atoms with Crippen LogP contribution in [0.1, 0.15) is 38.5 Å². The first-order valence-corrected chi connectivity index (χ1v) is 10.3. The Morgan fingerprint density at radius 1 is 1.04 bits per heavy atom. The molecule has 0 spiro atoms. The predicted molar refractivity (Wildman–Crippen MR) is 110 cm³/mol. The summed E-state index contributed by atoms with van der Waals surface area (Å²) in [5.41, 5.74) is 3.18. The van der Waals surface area contributed by atoms with Crippen molar-refractivity contribution in [2.45, 2.75) is 49.5 Å². The Balaban J connectivity index is 1.74. The molecule has 2 aromatic rings. The summed E-state index contributed by atoms with van der Waals surface area (Å²) in [4.78, 5) is 12.0. The molecule has 5 heteroatoms. The van der Waals surface area contributed by atoms with Gasteiger partial charge in [0.1, 0.15) is 0 Å². The van der Waals surface area contributed by atoms with E-state index < -0.39 is 5.97 Å². The molecule has 2 aromatic carbocycles. The fourth-order valence-corrected chi connectivity index (χ4v) is 4.23. The van der Waals surface area contributed by atoms with E-state index in [4.69, 9.17) is 5.11 Å². The molecule has 3 N–H and O–H groups in total. The third-order valence-electron chi connectivity index (χ3n) is 4.58. The van der Waals surface area contributed by atoms with Crippen molar-refractivity contribution in [2.75, 3.05) is 16.4 Å². The number of carboxylic acid groups (broad SMARTS) is 1. The second-order valence-corrected chi connectivity index (χ2v) is 7.81. The fourth-order valence-electron chi connectivity index (χ4n) is 3.24. The van der Waals surface area contributed by atoms with Gasteiger partial charge in [-0.05, 0) is 43.2 Å². The van der Waals surface area contributed by atoms with Crippen LogP contribution in [0.15, 0.2) is 53.4 Å². The minimum atomic E-state index is -0.752. The molecular formula is C21H26N2O2S. The first kappa shape index (κ1) is 18.6. The number of benzene rings is 2. The summed E-state index contributed by atoms with van der Waals surface area (Å²) in [7, 11) is 0. The molecule has 0 aromatic heterocycles. The van der Waals surface area contributed by atoms with Gasteiger partial charge in [-0.25, -0.2) is 0 Å². The number of aliphatic carboxylic acids is 1. The highest BCUT2D eigenvalue weighted by Gasteiger charge is 2.15. The van der Waals surface area contributed by atoms with E-state index in [1.165, 1.54) is 32.1 Å². The third-order valence-corrected chi connectivity index (χ3v) is 5.64. The van der Waals surface area contributed by atoms with E-state index in [0.717, 1.165) is 22.0 Å². The van der Waals surface area contributed by atoms with Crippen LogP contribution in [0.4, 0.5) is 17.1 Å². The summed E-state index contributed by atoms with van der Waals surface area (Å²) in [6.07, 6.45) is 6.49. The van der Waals surface area contributed by atoms with Crippen molar-refractivity contribution < 1.29 is 9.90 Å². The molecule has 3 rings (SSSR count). The van der Waals surface area contributed by atoms with Crippen molar-refractivity contribution >= 4 is 34.8 Å². The summed E-state index contributed by atoms with van der Waals surface area (Å²) in [6.45, 7) is 0. The first-order valence-electron chi connectivity index (χ1n) is 9.28. The SMILES string of the molecule is O=C(O)CCSc1cc(Nc2ccccc2)ccc1NC1CCCCC1. The van der Waals surface area contributed by atoms with E-state index in [0.29, 0.717) is 11.8 Å². The zero-order chi connectivity index (χ0) is 18.2. The number of hydrogen-bond donors (Lipinski definition) is 3. The highest BCUT2D eigenvalue weighted by atomic mass is 32.2. The van der Waals surface area contributed by atoms with Crippen LogP contribution in [0.3, 0.4) is 0 Å². The molecule has 0 saturated heterocycles. The number of rotatable bonds is 8. The van der Waals surface area contributed by atoms with Crippen LogP contribution >= 0.6 is 11.8 Å². The van der Waals surface area contributed by atoms with Gasteiger partial charge in [-0.15, -0.1) is 11.8 Å². The second kappa shape index (κ2) is 9.53. The van der Waals surface area contributed by atoms with Gasteiger partial charge in [-0.3, -0.25) is 4.79 Å². The highest BCUT2D eigenvalue weighted by Crippen LogP contribution is 2.33. The maximum absolute atomic E-state index is 10.9. The van der Waals surface area contributed by atoms with Gasteiger partial charge < -0.3 is 15.7 Å². The van der Waals surface area contributed by atoms with Crippen molar-refractivity contribution in [1.29, 1.82) is 0 Å². The maximum atomic E-state index is 10.9. The van der Waals surface area contributed by atoms with Crippen molar-refractivity contribution in [2.24, 2.45) is 0 Å². The van der Waals surface area contributed by atoms with E-state index in [1.54, 1.807) is 11.8 Å². The van der Waals surface area contributed by atoms with Crippen LogP contribution in [-0.2, 0) is 4.79 Å². The fraction of sp³-hybridized carbons (Fsp3) is 0.381. The lowest BCUT2D eigenvalue weighted by atomic mass is 9.95. The Morgan fingerprint density at radius 2 is 1.81 bits per heavy atom. The number of carboxylic acids is 1. The summed E-state index contributed by atoms with van der Waals surface area (Å²) < 4.78 is 0.